The smallest absolute Gasteiger partial charge is 0.263 e. The quantitative estimate of drug-likeness (QED) is 0.478. The van der Waals surface area contributed by atoms with Crippen molar-refractivity contribution in [2.24, 2.45) is 0 Å². The summed E-state index contributed by atoms with van der Waals surface area (Å²) in [4.78, 5) is 0.0948. The molecule has 0 aliphatic heterocycles. The van der Waals surface area contributed by atoms with E-state index in [9.17, 15) is 8.42 Å². The lowest BCUT2D eigenvalue weighted by Crippen LogP contribution is -2.15. The third-order valence-electron chi connectivity index (χ3n) is 4.45. The van der Waals surface area contributed by atoms with Crippen LogP contribution in [0.25, 0.3) is 5.69 Å². The first-order valence-corrected chi connectivity index (χ1v) is 10.6. The van der Waals surface area contributed by atoms with E-state index in [1.54, 1.807) is 16.8 Å². The third kappa shape index (κ3) is 4.30. The number of benzene rings is 3. The van der Waals surface area contributed by atoms with Crippen molar-refractivity contribution in [3.05, 3.63) is 102 Å². The molecule has 3 N–H and O–H groups in total. The molecule has 0 aliphatic carbocycles. The van der Waals surface area contributed by atoms with Gasteiger partial charge in [0, 0.05) is 23.9 Å². The molecule has 29 heavy (non-hydrogen) atoms. The van der Waals surface area contributed by atoms with Gasteiger partial charge in [0.25, 0.3) is 10.0 Å². The first-order valence-electron chi connectivity index (χ1n) is 9.07. The van der Waals surface area contributed by atoms with Gasteiger partial charge in [-0.3, -0.25) is 4.72 Å². The molecule has 0 spiro atoms. The SMILES string of the molecule is Nc1cccc(S(=O)(=O)Nc2nn(-c3ccccc3)cc2Cc2ccccc2)c1. The van der Waals surface area contributed by atoms with E-state index in [-0.39, 0.29) is 4.90 Å². The lowest BCUT2D eigenvalue weighted by Gasteiger charge is -2.08. The number of para-hydroxylation sites is 1. The topological polar surface area (TPSA) is 90.0 Å². The van der Waals surface area contributed by atoms with Crippen LogP contribution < -0.4 is 10.5 Å². The molecule has 0 atom stereocenters. The van der Waals surface area contributed by atoms with Crippen LogP contribution in [0.2, 0.25) is 0 Å². The van der Waals surface area contributed by atoms with Crippen LogP contribution in [0.5, 0.6) is 0 Å². The zero-order valence-corrected chi connectivity index (χ0v) is 16.4. The van der Waals surface area contributed by atoms with E-state index in [4.69, 9.17) is 5.73 Å². The number of rotatable bonds is 6. The average Bonchev–Trinajstić information content (AvgIpc) is 3.11. The molecular formula is C22H20N4O2S. The Bertz CT molecular complexity index is 1220. The number of nitrogen functional groups attached to an aromatic ring is 1. The van der Waals surface area contributed by atoms with E-state index in [1.807, 2.05) is 66.9 Å². The number of anilines is 2. The van der Waals surface area contributed by atoms with Crippen LogP contribution in [0.3, 0.4) is 0 Å². The van der Waals surface area contributed by atoms with Gasteiger partial charge in [0.1, 0.15) is 0 Å². The molecule has 4 aromatic rings. The number of nitrogens with one attached hydrogen (secondary N) is 1. The number of hydrogen-bond donors (Lipinski definition) is 2. The van der Waals surface area contributed by atoms with E-state index >= 15 is 0 Å². The van der Waals surface area contributed by atoms with Crippen LogP contribution in [0, 0.1) is 0 Å². The minimum absolute atomic E-state index is 0.0948. The van der Waals surface area contributed by atoms with E-state index in [1.165, 1.54) is 12.1 Å². The van der Waals surface area contributed by atoms with Gasteiger partial charge in [0.15, 0.2) is 5.82 Å². The first kappa shape index (κ1) is 18.8. The Morgan fingerprint density at radius 2 is 1.59 bits per heavy atom. The lowest BCUT2D eigenvalue weighted by atomic mass is 10.1. The van der Waals surface area contributed by atoms with Crippen LogP contribution in [0.4, 0.5) is 11.5 Å². The maximum atomic E-state index is 12.9. The molecule has 0 amide bonds. The van der Waals surface area contributed by atoms with Gasteiger partial charge >= 0.3 is 0 Å². The zero-order chi connectivity index (χ0) is 20.3. The molecule has 6 nitrogen and oxygen atoms in total. The largest absolute Gasteiger partial charge is 0.399 e. The number of nitrogens with zero attached hydrogens (tertiary/aromatic N) is 2. The standard InChI is InChI=1S/C22H20N4O2S/c23-19-10-7-13-21(15-19)29(27,28)25-22-18(14-17-8-3-1-4-9-17)16-26(24-22)20-11-5-2-6-12-20/h1-13,15-16H,14,23H2,(H,24,25). The van der Waals surface area contributed by atoms with Crippen molar-refractivity contribution in [2.75, 3.05) is 10.5 Å². The van der Waals surface area contributed by atoms with E-state index in [0.717, 1.165) is 16.8 Å². The van der Waals surface area contributed by atoms with Crippen LogP contribution in [0.15, 0.2) is 96.0 Å². The van der Waals surface area contributed by atoms with Gasteiger partial charge in [-0.05, 0) is 35.9 Å². The highest BCUT2D eigenvalue weighted by molar-refractivity contribution is 7.92. The second-order valence-corrected chi connectivity index (χ2v) is 8.31. The summed E-state index contributed by atoms with van der Waals surface area (Å²) < 4.78 is 30.1. The van der Waals surface area contributed by atoms with E-state index in [2.05, 4.69) is 9.82 Å². The molecule has 0 saturated heterocycles. The predicted molar refractivity (Wildman–Crippen MR) is 114 cm³/mol. The molecule has 0 bridgehead atoms. The van der Waals surface area contributed by atoms with Crippen molar-refractivity contribution >= 4 is 21.5 Å². The van der Waals surface area contributed by atoms with Gasteiger partial charge < -0.3 is 5.73 Å². The Morgan fingerprint density at radius 1 is 0.897 bits per heavy atom. The van der Waals surface area contributed by atoms with Crippen molar-refractivity contribution < 1.29 is 8.42 Å². The lowest BCUT2D eigenvalue weighted by molar-refractivity contribution is 0.601. The van der Waals surface area contributed by atoms with Crippen molar-refractivity contribution in [2.45, 2.75) is 11.3 Å². The van der Waals surface area contributed by atoms with Gasteiger partial charge in [-0.1, -0.05) is 54.6 Å². The van der Waals surface area contributed by atoms with Crippen molar-refractivity contribution in [1.82, 2.24) is 9.78 Å². The molecule has 1 heterocycles. The summed E-state index contributed by atoms with van der Waals surface area (Å²) in [5.74, 6) is 0.292. The maximum absolute atomic E-state index is 12.9. The van der Waals surface area contributed by atoms with Crippen LogP contribution in [-0.4, -0.2) is 18.2 Å². The highest BCUT2D eigenvalue weighted by Gasteiger charge is 2.19. The molecule has 0 aliphatic rings. The van der Waals surface area contributed by atoms with Crippen LogP contribution in [0.1, 0.15) is 11.1 Å². The minimum atomic E-state index is -3.83. The summed E-state index contributed by atoms with van der Waals surface area (Å²) in [6, 6.07) is 25.6. The molecular weight excluding hydrogens is 384 g/mol. The van der Waals surface area contributed by atoms with Crippen LogP contribution in [-0.2, 0) is 16.4 Å². The van der Waals surface area contributed by atoms with E-state index < -0.39 is 10.0 Å². The normalized spacial score (nSPS) is 11.3. The zero-order valence-electron chi connectivity index (χ0n) is 15.6. The van der Waals surface area contributed by atoms with Gasteiger partial charge in [0.05, 0.1) is 10.6 Å². The number of hydrogen-bond acceptors (Lipinski definition) is 4. The number of sulfonamides is 1. The van der Waals surface area contributed by atoms with Gasteiger partial charge in [-0.25, -0.2) is 13.1 Å². The fourth-order valence-corrected chi connectivity index (χ4v) is 4.11. The summed E-state index contributed by atoms with van der Waals surface area (Å²) in [5.41, 5.74) is 8.80. The second kappa shape index (κ2) is 7.81. The number of aromatic nitrogens is 2. The fraction of sp³-hybridized carbons (Fsp3) is 0.0455. The average molecular weight is 404 g/mol. The minimum Gasteiger partial charge on any atom is -0.399 e. The first-order chi connectivity index (χ1) is 14.0. The summed E-state index contributed by atoms with van der Waals surface area (Å²) in [7, 11) is -3.83. The highest BCUT2D eigenvalue weighted by Crippen LogP contribution is 2.24. The van der Waals surface area contributed by atoms with Crippen molar-refractivity contribution in [3.63, 3.8) is 0 Å². The summed E-state index contributed by atoms with van der Waals surface area (Å²) in [6.07, 6.45) is 2.39. The second-order valence-electron chi connectivity index (χ2n) is 6.62. The number of nitrogens with two attached hydrogens (primary N) is 1. The predicted octanol–water partition coefficient (Wildman–Crippen LogP) is 3.85. The van der Waals surface area contributed by atoms with Gasteiger partial charge in [0.2, 0.25) is 0 Å². The molecule has 0 radical (unpaired) electrons. The Labute approximate surface area is 169 Å². The van der Waals surface area contributed by atoms with Crippen molar-refractivity contribution in [3.8, 4) is 5.69 Å². The van der Waals surface area contributed by atoms with Crippen molar-refractivity contribution in [1.29, 1.82) is 0 Å². The molecule has 0 unspecified atom stereocenters. The molecule has 146 valence electrons. The summed E-state index contributed by atoms with van der Waals surface area (Å²) >= 11 is 0. The molecule has 0 fully saturated rings. The Morgan fingerprint density at radius 3 is 2.28 bits per heavy atom. The summed E-state index contributed by atoms with van der Waals surface area (Å²) in [5, 5.41) is 4.50. The molecule has 0 saturated carbocycles. The Balaban J connectivity index is 1.73. The highest BCUT2D eigenvalue weighted by atomic mass is 32.2. The van der Waals surface area contributed by atoms with Gasteiger partial charge in [-0.15, -0.1) is 5.10 Å². The Hall–Kier alpha value is -3.58. The molecule has 4 rings (SSSR count). The fourth-order valence-electron chi connectivity index (χ4n) is 3.02. The maximum Gasteiger partial charge on any atom is 0.263 e. The monoisotopic (exact) mass is 404 g/mol. The Kier molecular flexibility index (Phi) is 5.05. The molecule has 7 heteroatoms. The third-order valence-corrected chi connectivity index (χ3v) is 5.78. The summed E-state index contributed by atoms with van der Waals surface area (Å²) in [6.45, 7) is 0. The van der Waals surface area contributed by atoms with Crippen LogP contribution >= 0.6 is 0 Å². The molecule has 1 aromatic heterocycles. The van der Waals surface area contributed by atoms with E-state index in [0.29, 0.717) is 17.9 Å². The van der Waals surface area contributed by atoms with Gasteiger partial charge in [-0.2, -0.15) is 0 Å². The molecule has 3 aromatic carbocycles.